The summed E-state index contributed by atoms with van der Waals surface area (Å²) < 4.78 is 30.2. The Balaban J connectivity index is 1.76. The standard InChI is InChI=1S/C11H12F2N2O2/c12-11(13)5-9(17-10(11)16)7-15-6-8-1-3-14-4-2-8/h1-4,9,15H,5-7H2. The van der Waals surface area contributed by atoms with Gasteiger partial charge in [0.05, 0.1) is 6.42 Å². The van der Waals surface area contributed by atoms with Crippen LogP contribution in [0.15, 0.2) is 24.5 Å². The Morgan fingerprint density at radius 1 is 1.47 bits per heavy atom. The quantitative estimate of drug-likeness (QED) is 0.804. The average molecular weight is 242 g/mol. The topological polar surface area (TPSA) is 51.2 Å². The number of hydrogen-bond acceptors (Lipinski definition) is 4. The Kier molecular flexibility index (Phi) is 3.33. The van der Waals surface area contributed by atoms with E-state index in [2.05, 4.69) is 15.0 Å². The molecule has 1 atom stereocenters. The maximum Gasteiger partial charge on any atom is 0.377 e. The van der Waals surface area contributed by atoms with E-state index in [1.54, 1.807) is 12.4 Å². The van der Waals surface area contributed by atoms with Crippen LogP contribution in [0.2, 0.25) is 0 Å². The lowest BCUT2D eigenvalue weighted by Crippen LogP contribution is -2.26. The van der Waals surface area contributed by atoms with E-state index in [-0.39, 0.29) is 6.54 Å². The van der Waals surface area contributed by atoms with Crippen LogP contribution < -0.4 is 5.32 Å². The van der Waals surface area contributed by atoms with Crippen molar-refractivity contribution in [1.29, 1.82) is 0 Å². The van der Waals surface area contributed by atoms with Gasteiger partial charge in [0.25, 0.3) is 0 Å². The molecular formula is C11H12F2N2O2. The van der Waals surface area contributed by atoms with E-state index in [0.29, 0.717) is 6.54 Å². The minimum atomic E-state index is -3.33. The van der Waals surface area contributed by atoms with E-state index >= 15 is 0 Å². The van der Waals surface area contributed by atoms with Crippen LogP contribution in [0.1, 0.15) is 12.0 Å². The third-order valence-corrected chi connectivity index (χ3v) is 2.51. The molecule has 0 aliphatic carbocycles. The molecule has 1 saturated heterocycles. The number of nitrogens with one attached hydrogen (secondary N) is 1. The number of ether oxygens (including phenoxy) is 1. The first-order chi connectivity index (χ1) is 8.08. The number of aromatic nitrogens is 1. The van der Waals surface area contributed by atoms with Gasteiger partial charge in [-0.15, -0.1) is 0 Å². The van der Waals surface area contributed by atoms with E-state index in [0.717, 1.165) is 5.56 Å². The normalized spacial score (nSPS) is 22.5. The first-order valence-corrected chi connectivity index (χ1v) is 5.26. The van der Waals surface area contributed by atoms with Gasteiger partial charge in [0.1, 0.15) is 6.10 Å². The second-order valence-corrected chi connectivity index (χ2v) is 3.92. The van der Waals surface area contributed by atoms with Crippen molar-refractivity contribution in [2.24, 2.45) is 0 Å². The number of hydrogen-bond donors (Lipinski definition) is 1. The maximum atomic E-state index is 12.8. The number of alkyl halides is 2. The molecule has 17 heavy (non-hydrogen) atoms. The fourth-order valence-corrected chi connectivity index (χ4v) is 1.64. The fourth-order valence-electron chi connectivity index (χ4n) is 1.64. The number of rotatable bonds is 4. The highest BCUT2D eigenvalue weighted by molar-refractivity contribution is 5.79. The summed E-state index contributed by atoms with van der Waals surface area (Å²) in [4.78, 5) is 14.6. The van der Waals surface area contributed by atoms with Crippen molar-refractivity contribution < 1.29 is 18.3 Å². The summed E-state index contributed by atoms with van der Waals surface area (Å²) in [6.45, 7) is 0.756. The molecule has 1 aromatic rings. The Morgan fingerprint density at radius 2 is 2.18 bits per heavy atom. The van der Waals surface area contributed by atoms with E-state index < -0.39 is 24.4 Å². The molecule has 2 rings (SSSR count). The highest BCUT2D eigenvalue weighted by Gasteiger charge is 2.50. The summed E-state index contributed by atoms with van der Waals surface area (Å²) in [7, 11) is 0. The van der Waals surface area contributed by atoms with Crippen molar-refractivity contribution in [1.82, 2.24) is 10.3 Å². The van der Waals surface area contributed by atoms with Crippen LogP contribution in [-0.4, -0.2) is 29.5 Å². The molecular weight excluding hydrogens is 230 g/mol. The van der Waals surface area contributed by atoms with Crippen LogP contribution in [0.4, 0.5) is 8.78 Å². The van der Waals surface area contributed by atoms with Crippen LogP contribution in [0.3, 0.4) is 0 Å². The molecule has 0 amide bonds. The zero-order valence-electron chi connectivity index (χ0n) is 9.03. The zero-order valence-corrected chi connectivity index (χ0v) is 9.03. The Morgan fingerprint density at radius 3 is 2.76 bits per heavy atom. The predicted octanol–water partition coefficient (Wildman–Crippen LogP) is 1.12. The zero-order chi connectivity index (χ0) is 12.3. The molecule has 1 N–H and O–H groups in total. The highest BCUT2D eigenvalue weighted by atomic mass is 19.3. The molecule has 0 radical (unpaired) electrons. The van der Waals surface area contributed by atoms with Crippen molar-refractivity contribution in [3.05, 3.63) is 30.1 Å². The monoisotopic (exact) mass is 242 g/mol. The molecule has 0 spiro atoms. The van der Waals surface area contributed by atoms with Crippen LogP contribution in [0.5, 0.6) is 0 Å². The van der Waals surface area contributed by atoms with Crippen molar-refractivity contribution in [2.45, 2.75) is 25.0 Å². The second-order valence-electron chi connectivity index (χ2n) is 3.92. The summed E-state index contributed by atoms with van der Waals surface area (Å²) in [5.41, 5.74) is 0.996. The Hall–Kier alpha value is -1.56. The molecule has 1 aliphatic rings. The first-order valence-electron chi connectivity index (χ1n) is 5.26. The molecule has 1 fully saturated rings. The summed E-state index contributed by atoms with van der Waals surface area (Å²) in [6, 6.07) is 3.64. The van der Waals surface area contributed by atoms with E-state index in [4.69, 9.17) is 0 Å². The summed E-state index contributed by atoms with van der Waals surface area (Å²) in [5, 5.41) is 2.96. The number of pyridine rings is 1. The lowest BCUT2D eigenvalue weighted by Gasteiger charge is -2.09. The van der Waals surface area contributed by atoms with Crippen LogP contribution in [0.25, 0.3) is 0 Å². The summed E-state index contributed by atoms with van der Waals surface area (Å²) in [5.74, 6) is -4.75. The number of cyclic esters (lactones) is 1. The van der Waals surface area contributed by atoms with E-state index in [1.807, 2.05) is 12.1 Å². The molecule has 0 saturated carbocycles. The van der Waals surface area contributed by atoms with E-state index in [9.17, 15) is 13.6 Å². The SMILES string of the molecule is O=C1OC(CNCc2ccncc2)CC1(F)F. The molecule has 2 heterocycles. The van der Waals surface area contributed by atoms with Gasteiger partial charge in [-0.25, -0.2) is 4.79 Å². The third-order valence-electron chi connectivity index (χ3n) is 2.51. The number of halogens is 2. The van der Waals surface area contributed by atoms with Gasteiger partial charge in [0.2, 0.25) is 0 Å². The van der Waals surface area contributed by atoms with Gasteiger partial charge in [-0.1, -0.05) is 0 Å². The van der Waals surface area contributed by atoms with Gasteiger partial charge in [-0.05, 0) is 17.7 Å². The van der Waals surface area contributed by atoms with Crippen LogP contribution in [0, 0.1) is 0 Å². The fraction of sp³-hybridized carbons (Fsp3) is 0.455. The number of nitrogens with zero attached hydrogens (tertiary/aromatic N) is 1. The van der Waals surface area contributed by atoms with Crippen molar-refractivity contribution in [3.63, 3.8) is 0 Å². The molecule has 1 aromatic heterocycles. The highest BCUT2D eigenvalue weighted by Crippen LogP contribution is 2.30. The molecule has 6 heteroatoms. The van der Waals surface area contributed by atoms with Crippen LogP contribution >= 0.6 is 0 Å². The molecule has 1 aliphatic heterocycles. The minimum absolute atomic E-state index is 0.226. The van der Waals surface area contributed by atoms with Gasteiger partial charge < -0.3 is 10.1 Å². The lowest BCUT2D eigenvalue weighted by atomic mass is 10.2. The minimum Gasteiger partial charge on any atom is -0.456 e. The number of esters is 1. The van der Waals surface area contributed by atoms with Crippen molar-refractivity contribution in [3.8, 4) is 0 Å². The Labute approximate surface area is 97.0 Å². The molecule has 4 nitrogen and oxygen atoms in total. The van der Waals surface area contributed by atoms with E-state index in [1.165, 1.54) is 0 Å². The van der Waals surface area contributed by atoms with Gasteiger partial charge >= 0.3 is 11.9 Å². The van der Waals surface area contributed by atoms with Crippen molar-refractivity contribution in [2.75, 3.05) is 6.54 Å². The molecule has 92 valence electrons. The van der Waals surface area contributed by atoms with Gasteiger partial charge in [0.15, 0.2) is 0 Å². The summed E-state index contributed by atoms with van der Waals surface area (Å²) in [6.07, 6.45) is 2.01. The average Bonchev–Trinajstić information content (AvgIpc) is 2.54. The lowest BCUT2D eigenvalue weighted by molar-refractivity contribution is -0.159. The maximum absolute atomic E-state index is 12.8. The number of carbonyl (C=O) groups excluding carboxylic acids is 1. The third kappa shape index (κ3) is 2.97. The smallest absolute Gasteiger partial charge is 0.377 e. The van der Waals surface area contributed by atoms with Crippen molar-refractivity contribution >= 4 is 5.97 Å². The van der Waals surface area contributed by atoms with Crippen LogP contribution in [-0.2, 0) is 16.1 Å². The molecule has 0 bridgehead atoms. The van der Waals surface area contributed by atoms with Gasteiger partial charge in [0, 0.05) is 25.5 Å². The Bertz CT molecular complexity index is 398. The predicted molar refractivity (Wildman–Crippen MR) is 55.4 cm³/mol. The first kappa shape index (κ1) is 11.9. The number of carbonyl (C=O) groups is 1. The summed E-state index contributed by atoms with van der Waals surface area (Å²) >= 11 is 0. The molecule has 1 unspecified atom stereocenters. The largest absolute Gasteiger partial charge is 0.456 e. The van der Waals surface area contributed by atoms with Gasteiger partial charge in [-0.2, -0.15) is 8.78 Å². The molecule has 0 aromatic carbocycles. The van der Waals surface area contributed by atoms with Gasteiger partial charge in [-0.3, -0.25) is 4.98 Å². The second kappa shape index (κ2) is 4.75.